The molecule has 0 saturated carbocycles. The van der Waals surface area contributed by atoms with Crippen LogP contribution in [-0.4, -0.2) is 38.8 Å². The summed E-state index contributed by atoms with van der Waals surface area (Å²) in [5, 5.41) is 27.5. The molecule has 2 bridgehead atoms. The molecule has 1 unspecified atom stereocenters. The number of quaternary nitrogens is 1. The van der Waals surface area contributed by atoms with Gasteiger partial charge in [-0.15, -0.1) is 6.58 Å². The summed E-state index contributed by atoms with van der Waals surface area (Å²) in [5.74, 6) is 1.43. The monoisotopic (exact) mass is 705 g/mol. The van der Waals surface area contributed by atoms with Crippen LogP contribution >= 0.6 is 0 Å². The molecule has 0 aliphatic carbocycles. The van der Waals surface area contributed by atoms with Crippen molar-refractivity contribution < 1.29 is 27.1 Å². The van der Waals surface area contributed by atoms with Gasteiger partial charge in [0.1, 0.15) is 24.4 Å². The van der Waals surface area contributed by atoms with E-state index in [1.165, 1.54) is 12.0 Å². The minimum atomic E-state index is -0.486. The molecule has 6 heteroatoms. The second-order valence-electron chi connectivity index (χ2n) is 14.3. The molecule has 0 amide bonds. The van der Waals surface area contributed by atoms with E-state index in [-0.39, 0.29) is 24.2 Å². The van der Waals surface area contributed by atoms with E-state index in [1.54, 1.807) is 6.07 Å². The molecular weight excluding hydrogens is 662 g/mol. The van der Waals surface area contributed by atoms with E-state index in [9.17, 15) is 10.2 Å². The number of phenolic OH excluding ortho intramolecular Hbond substituents is 1. The largest absolute Gasteiger partial charge is 1.00 e. The third-order valence-electron chi connectivity index (χ3n) is 11.5. The van der Waals surface area contributed by atoms with Crippen molar-refractivity contribution in [3.05, 3.63) is 163 Å². The van der Waals surface area contributed by atoms with Crippen molar-refractivity contribution in [1.82, 2.24) is 4.98 Å². The zero-order valence-electron chi connectivity index (χ0n) is 29.2. The summed E-state index contributed by atoms with van der Waals surface area (Å²) >= 11 is 0. The number of nitrogens with two attached hydrogens (primary N) is 1. The number of aromatic hydroxyl groups is 1. The molecule has 0 spiro atoms. The van der Waals surface area contributed by atoms with Crippen molar-refractivity contribution in [2.24, 2.45) is 11.8 Å². The standard InChI is InChI=1S/C26H29N2O.C20H15NO.ClH/c1-2-20-18-28(17-19-8-4-3-5-9-19)15-13-21(20)16-25(28)26(29)23-12-14-27-24-11-7-6-10-22(23)24;21-17-11-9-13-5-1-3-7-15(13)19(17)20-16-8-4-2-6-14(16)10-12-18(20)22;/h2-12,14,20-21,25-26,29H,1,13,15-18H2;1-12,22H,21H2;1H/q+1;;/p-1/t20-,21+,25+,26-,28?;;/m1../s1. The lowest BCUT2D eigenvalue weighted by Gasteiger charge is -2.58. The first-order valence-electron chi connectivity index (χ1n) is 18.0. The normalized spacial score (nSPS) is 21.2. The number of fused-ring (bicyclic) bond motifs is 6. The summed E-state index contributed by atoms with van der Waals surface area (Å²) in [7, 11) is 0. The van der Waals surface area contributed by atoms with E-state index < -0.39 is 6.10 Å². The highest BCUT2D eigenvalue weighted by molar-refractivity contribution is 6.11. The van der Waals surface area contributed by atoms with Gasteiger partial charge in [0, 0.05) is 52.7 Å². The zero-order chi connectivity index (χ0) is 35.0. The lowest BCUT2D eigenvalue weighted by atomic mass is 9.71. The number of anilines is 1. The minimum Gasteiger partial charge on any atom is -1.00 e. The van der Waals surface area contributed by atoms with Crippen LogP contribution in [0.3, 0.4) is 0 Å². The molecule has 10 rings (SSSR count). The zero-order valence-corrected chi connectivity index (χ0v) is 29.9. The predicted molar refractivity (Wildman–Crippen MR) is 210 cm³/mol. The number of aromatic nitrogens is 1. The third-order valence-corrected chi connectivity index (χ3v) is 11.5. The van der Waals surface area contributed by atoms with Gasteiger partial charge in [-0.3, -0.25) is 4.98 Å². The van der Waals surface area contributed by atoms with Crippen LogP contribution in [0.4, 0.5) is 5.69 Å². The summed E-state index contributed by atoms with van der Waals surface area (Å²) in [6, 6.07) is 44.9. The van der Waals surface area contributed by atoms with Gasteiger partial charge < -0.3 is 32.8 Å². The van der Waals surface area contributed by atoms with Gasteiger partial charge in [0.15, 0.2) is 0 Å². The van der Waals surface area contributed by atoms with Crippen molar-refractivity contribution in [2.45, 2.75) is 31.5 Å². The molecule has 4 heterocycles. The molecule has 3 aliphatic rings. The van der Waals surface area contributed by atoms with Crippen molar-refractivity contribution in [1.29, 1.82) is 0 Å². The average molecular weight is 706 g/mol. The van der Waals surface area contributed by atoms with Crippen LogP contribution in [0.15, 0.2) is 152 Å². The number of hydrogen-bond donors (Lipinski definition) is 3. The van der Waals surface area contributed by atoms with Crippen molar-refractivity contribution in [2.75, 3.05) is 18.8 Å². The van der Waals surface area contributed by atoms with Crippen LogP contribution in [0.1, 0.15) is 30.1 Å². The first-order valence-corrected chi connectivity index (χ1v) is 18.0. The van der Waals surface area contributed by atoms with Crippen LogP contribution in [0.25, 0.3) is 43.6 Å². The number of pyridine rings is 1. The quantitative estimate of drug-likeness (QED) is 0.101. The molecule has 52 heavy (non-hydrogen) atoms. The topological polar surface area (TPSA) is 79.4 Å². The SMILES string of the molecule is C=C[C@@H]1C[N+]2(Cc3ccccc3)CC[C@H]1C[C@H]2[C@H](O)c1ccnc2ccccc12.Nc1ccc2ccccc2c1-c1c(O)ccc2ccccc12.[Cl-]. The number of benzene rings is 6. The average Bonchev–Trinajstić information content (AvgIpc) is 3.18. The minimum absolute atomic E-state index is 0. The summed E-state index contributed by atoms with van der Waals surface area (Å²) in [6.07, 6.45) is 5.79. The predicted octanol–water partition coefficient (Wildman–Crippen LogP) is 6.83. The molecule has 5 nitrogen and oxygen atoms in total. The first-order chi connectivity index (χ1) is 25.0. The molecule has 3 saturated heterocycles. The number of nitrogen functional groups attached to an aromatic ring is 1. The molecule has 4 N–H and O–H groups in total. The van der Waals surface area contributed by atoms with Gasteiger partial charge in [0.25, 0.3) is 0 Å². The van der Waals surface area contributed by atoms with E-state index in [0.717, 1.165) is 79.7 Å². The molecule has 262 valence electrons. The Balaban J connectivity index is 0.000000164. The molecule has 7 aromatic rings. The van der Waals surface area contributed by atoms with Gasteiger partial charge in [-0.05, 0) is 57.3 Å². The maximum Gasteiger partial charge on any atom is 0.131 e. The number of halogens is 1. The van der Waals surface area contributed by atoms with Gasteiger partial charge in [-0.1, -0.05) is 115 Å². The van der Waals surface area contributed by atoms with Gasteiger partial charge in [-0.25, -0.2) is 0 Å². The Morgan fingerprint density at radius 3 is 2.13 bits per heavy atom. The molecule has 6 aromatic carbocycles. The number of aliphatic hydroxyl groups excluding tert-OH is 1. The lowest BCUT2D eigenvalue weighted by molar-refractivity contribution is -0.984. The van der Waals surface area contributed by atoms with Gasteiger partial charge in [0.05, 0.1) is 18.6 Å². The third kappa shape index (κ3) is 6.41. The Kier molecular flexibility index (Phi) is 10.0. The Bertz CT molecular complexity index is 2270. The summed E-state index contributed by atoms with van der Waals surface area (Å²) in [5.41, 5.74) is 12.0. The Labute approximate surface area is 311 Å². The van der Waals surface area contributed by atoms with Crippen molar-refractivity contribution in [3.63, 3.8) is 0 Å². The van der Waals surface area contributed by atoms with E-state index in [4.69, 9.17) is 5.73 Å². The number of nitrogens with zero attached hydrogens (tertiary/aromatic N) is 2. The van der Waals surface area contributed by atoms with E-state index in [2.05, 4.69) is 60.1 Å². The molecule has 0 radical (unpaired) electrons. The first kappa shape index (κ1) is 35.2. The molecule has 3 aliphatic heterocycles. The fraction of sp³-hybridized carbons (Fsp3) is 0.196. The van der Waals surface area contributed by atoms with E-state index in [1.807, 2.05) is 91.1 Å². The second kappa shape index (κ2) is 14.8. The Morgan fingerprint density at radius 1 is 0.769 bits per heavy atom. The highest BCUT2D eigenvalue weighted by Crippen LogP contribution is 2.48. The van der Waals surface area contributed by atoms with Gasteiger partial charge in [-0.2, -0.15) is 0 Å². The van der Waals surface area contributed by atoms with Crippen LogP contribution in [-0.2, 0) is 6.54 Å². The second-order valence-corrected chi connectivity index (χ2v) is 14.3. The van der Waals surface area contributed by atoms with Crippen molar-refractivity contribution >= 4 is 38.1 Å². The van der Waals surface area contributed by atoms with E-state index in [0.29, 0.717) is 17.5 Å². The Hall–Kier alpha value is -5.20. The molecular formula is C46H44ClN3O2. The van der Waals surface area contributed by atoms with Gasteiger partial charge >= 0.3 is 0 Å². The maximum atomic E-state index is 11.7. The maximum absolute atomic E-state index is 11.7. The fourth-order valence-corrected chi connectivity index (χ4v) is 9.00. The summed E-state index contributed by atoms with van der Waals surface area (Å²) in [6.45, 7) is 7.32. The summed E-state index contributed by atoms with van der Waals surface area (Å²) in [4.78, 5) is 4.50. The van der Waals surface area contributed by atoms with Crippen LogP contribution in [0, 0.1) is 11.8 Å². The summed E-state index contributed by atoms with van der Waals surface area (Å²) < 4.78 is 0.953. The molecule has 5 atom stereocenters. The molecule has 1 aromatic heterocycles. The highest BCUT2D eigenvalue weighted by Gasteiger charge is 2.54. The molecule has 3 fully saturated rings. The number of rotatable bonds is 6. The number of hydrogen-bond acceptors (Lipinski definition) is 4. The number of phenols is 1. The van der Waals surface area contributed by atoms with E-state index >= 15 is 0 Å². The van der Waals surface area contributed by atoms with Crippen LogP contribution in [0.2, 0.25) is 0 Å². The highest BCUT2D eigenvalue weighted by atomic mass is 35.5. The number of para-hydroxylation sites is 1. The van der Waals surface area contributed by atoms with Crippen LogP contribution in [0.5, 0.6) is 5.75 Å². The van der Waals surface area contributed by atoms with Gasteiger partial charge in [0.2, 0.25) is 0 Å². The number of piperidine rings is 3. The Morgan fingerprint density at radius 2 is 1.40 bits per heavy atom. The fourth-order valence-electron chi connectivity index (χ4n) is 9.00. The lowest BCUT2D eigenvalue weighted by Crippen LogP contribution is -3.00. The van der Waals surface area contributed by atoms with Crippen LogP contribution < -0.4 is 18.1 Å². The number of aliphatic hydroxyl groups is 1. The van der Waals surface area contributed by atoms with Crippen molar-refractivity contribution in [3.8, 4) is 16.9 Å². The smallest absolute Gasteiger partial charge is 0.131 e.